The summed E-state index contributed by atoms with van der Waals surface area (Å²) >= 11 is 0. The van der Waals surface area contributed by atoms with Crippen molar-refractivity contribution in [1.82, 2.24) is 10.2 Å². The fourth-order valence-corrected chi connectivity index (χ4v) is 3.43. The monoisotopic (exact) mass is 294 g/mol. The van der Waals surface area contributed by atoms with Crippen molar-refractivity contribution in [3.63, 3.8) is 0 Å². The zero-order valence-electron chi connectivity index (χ0n) is 12.2. The Morgan fingerprint density at radius 3 is 2.43 bits per heavy atom. The van der Waals surface area contributed by atoms with Gasteiger partial charge in [0.15, 0.2) is 0 Å². The Morgan fingerprint density at radius 2 is 1.90 bits per heavy atom. The van der Waals surface area contributed by atoms with Gasteiger partial charge in [0.1, 0.15) is 11.5 Å². The number of rotatable bonds is 2. The van der Waals surface area contributed by atoms with Crippen molar-refractivity contribution < 1.29 is 19.4 Å². The molecule has 0 bridgehead atoms. The van der Waals surface area contributed by atoms with E-state index in [0.29, 0.717) is 44.3 Å². The third-order valence-electron chi connectivity index (χ3n) is 4.61. The predicted octanol–water partition coefficient (Wildman–Crippen LogP) is 0.861. The quantitative estimate of drug-likeness (QED) is 0.755. The van der Waals surface area contributed by atoms with Crippen LogP contribution in [0.5, 0.6) is 0 Å². The number of likely N-dealkylation sites (tertiary alicyclic amines) is 1. The molecule has 3 N–H and O–H groups in total. The van der Waals surface area contributed by atoms with E-state index in [1.54, 1.807) is 4.90 Å². The normalized spacial score (nSPS) is 32.0. The maximum atomic E-state index is 12.2. The molecule has 6 nitrogen and oxygen atoms in total. The first kappa shape index (κ1) is 14.4. The molecule has 3 rings (SSSR count). The summed E-state index contributed by atoms with van der Waals surface area (Å²) in [7, 11) is 0. The van der Waals surface area contributed by atoms with E-state index in [2.05, 4.69) is 5.32 Å². The minimum Gasteiger partial charge on any atom is -0.465 e. The van der Waals surface area contributed by atoms with E-state index in [4.69, 9.17) is 4.42 Å². The van der Waals surface area contributed by atoms with Crippen LogP contribution >= 0.6 is 0 Å². The SMILES string of the molecule is Cc1ccc(CNC(=O)N2C[C@H]3C[C@H](O)[C@@H](O)C[C@H]3C2)o1. The van der Waals surface area contributed by atoms with Crippen LogP contribution in [0.25, 0.3) is 0 Å². The number of amides is 2. The molecule has 0 spiro atoms. The van der Waals surface area contributed by atoms with Crippen LogP contribution in [0.1, 0.15) is 24.4 Å². The van der Waals surface area contributed by atoms with E-state index >= 15 is 0 Å². The van der Waals surface area contributed by atoms with Gasteiger partial charge < -0.3 is 24.8 Å². The minimum absolute atomic E-state index is 0.109. The van der Waals surface area contributed by atoms with E-state index in [1.807, 2.05) is 19.1 Å². The van der Waals surface area contributed by atoms with Crippen molar-refractivity contribution in [1.29, 1.82) is 0 Å². The number of fused-ring (bicyclic) bond motifs is 1. The summed E-state index contributed by atoms with van der Waals surface area (Å²) in [6.07, 6.45) is -0.152. The molecule has 0 aromatic carbocycles. The first-order chi connectivity index (χ1) is 10.0. The Labute approximate surface area is 123 Å². The first-order valence-corrected chi connectivity index (χ1v) is 7.47. The molecule has 2 amide bonds. The highest BCUT2D eigenvalue weighted by molar-refractivity contribution is 5.74. The van der Waals surface area contributed by atoms with Crippen LogP contribution in [0.15, 0.2) is 16.5 Å². The number of hydrogen-bond donors (Lipinski definition) is 3. The van der Waals surface area contributed by atoms with Gasteiger partial charge in [-0.15, -0.1) is 0 Å². The summed E-state index contributed by atoms with van der Waals surface area (Å²) in [5.74, 6) is 2.15. The van der Waals surface area contributed by atoms with Gasteiger partial charge in [0.2, 0.25) is 0 Å². The van der Waals surface area contributed by atoms with Gasteiger partial charge in [-0.25, -0.2) is 4.79 Å². The van der Waals surface area contributed by atoms with Crippen molar-refractivity contribution in [2.75, 3.05) is 13.1 Å². The van der Waals surface area contributed by atoms with E-state index in [9.17, 15) is 15.0 Å². The van der Waals surface area contributed by atoms with Crippen LogP contribution in [0.4, 0.5) is 4.79 Å². The van der Waals surface area contributed by atoms with Crippen molar-refractivity contribution in [2.45, 2.75) is 38.5 Å². The number of aryl methyl sites for hydroxylation is 1. The second-order valence-corrected chi connectivity index (χ2v) is 6.20. The fraction of sp³-hybridized carbons (Fsp3) is 0.667. The zero-order chi connectivity index (χ0) is 15.0. The van der Waals surface area contributed by atoms with Gasteiger partial charge in [0.05, 0.1) is 18.8 Å². The largest absolute Gasteiger partial charge is 0.465 e. The van der Waals surface area contributed by atoms with Gasteiger partial charge in [0.25, 0.3) is 0 Å². The number of nitrogens with one attached hydrogen (secondary N) is 1. The van der Waals surface area contributed by atoms with E-state index in [1.165, 1.54) is 0 Å². The fourth-order valence-electron chi connectivity index (χ4n) is 3.43. The first-order valence-electron chi connectivity index (χ1n) is 7.47. The van der Waals surface area contributed by atoms with Crippen LogP contribution in [0, 0.1) is 18.8 Å². The van der Waals surface area contributed by atoms with Gasteiger partial charge >= 0.3 is 6.03 Å². The number of aliphatic hydroxyl groups excluding tert-OH is 2. The molecule has 6 heteroatoms. The molecule has 0 unspecified atom stereocenters. The lowest BCUT2D eigenvalue weighted by Gasteiger charge is -2.31. The Kier molecular flexibility index (Phi) is 3.91. The Morgan fingerprint density at radius 1 is 1.29 bits per heavy atom. The highest BCUT2D eigenvalue weighted by Gasteiger charge is 2.42. The lowest BCUT2D eigenvalue weighted by atomic mass is 9.79. The van der Waals surface area contributed by atoms with Gasteiger partial charge in [-0.2, -0.15) is 0 Å². The van der Waals surface area contributed by atoms with E-state index < -0.39 is 12.2 Å². The van der Waals surface area contributed by atoms with Gasteiger partial charge in [0, 0.05) is 13.1 Å². The molecule has 2 aliphatic rings. The maximum absolute atomic E-state index is 12.2. The molecule has 2 heterocycles. The Bertz CT molecular complexity index is 498. The van der Waals surface area contributed by atoms with E-state index in [-0.39, 0.29) is 6.03 Å². The lowest BCUT2D eigenvalue weighted by Crippen LogP contribution is -2.38. The number of nitrogens with zero attached hydrogens (tertiary/aromatic N) is 1. The molecule has 1 saturated heterocycles. The molecular formula is C15H22N2O4. The molecule has 0 radical (unpaired) electrons. The van der Waals surface area contributed by atoms with Crippen LogP contribution in [-0.2, 0) is 6.54 Å². The third-order valence-corrected chi connectivity index (χ3v) is 4.61. The Hall–Kier alpha value is -1.53. The second-order valence-electron chi connectivity index (χ2n) is 6.20. The summed E-state index contributed by atoms with van der Waals surface area (Å²) in [5.41, 5.74) is 0. The summed E-state index contributed by atoms with van der Waals surface area (Å²) < 4.78 is 5.42. The molecule has 1 aromatic heterocycles. The van der Waals surface area contributed by atoms with Crippen molar-refractivity contribution >= 4 is 6.03 Å². The molecular weight excluding hydrogens is 272 g/mol. The summed E-state index contributed by atoms with van der Waals surface area (Å²) in [6, 6.07) is 3.61. The number of furan rings is 1. The smallest absolute Gasteiger partial charge is 0.317 e. The topological polar surface area (TPSA) is 85.9 Å². The molecule has 1 saturated carbocycles. The van der Waals surface area contributed by atoms with Gasteiger partial charge in [-0.05, 0) is 43.7 Å². The molecule has 2 fully saturated rings. The third kappa shape index (κ3) is 3.06. The number of aliphatic hydroxyl groups is 2. The van der Waals surface area contributed by atoms with Crippen LogP contribution < -0.4 is 5.32 Å². The minimum atomic E-state index is -0.652. The van der Waals surface area contributed by atoms with Crippen LogP contribution in [0.2, 0.25) is 0 Å². The van der Waals surface area contributed by atoms with E-state index in [0.717, 1.165) is 11.5 Å². The highest BCUT2D eigenvalue weighted by atomic mass is 16.3. The molecule has 1 aliphatic carbocycles. The molecule has 4 atom stereocenters. The predicted molar refractivity (Wildman–Crippen MR) is 75.5 cm³/mol. The number of carbonyl (C=O) groups excluding carboxylic acids is 1. The summed E-state index contributed by atoms with van der Waals surface area (Å²) in [5, 5.41) is 22.3. The average molecular weight is 294 g/mol. The highest BCUT2D eigenvalue weighted by Crippen LogP contribution is 2.36. The zero-order valence-corrected chi connectivity index (χ0v) is 12.2. The maximum Gasteiger partial charge on any atom is 0.317 e. The molecule has 116 valence electrons. The van der Waals surface area contributed by atoms with Gasteiger partial charge in [-0.3, -0.25) is 0 Å². The molecule has 1 aromatic rings. The molecule has 1 aliphatic heterocycles. The summed E-state index contributed by atoms with van der Waals surface area (Å²) in [6.45, 7) is 3.55. The second kappa shape index (κ2) is 5.69. The summed E-state index contributed by atoms with van der Waals surface area (Å²) in [4.78, 5) is 14.0. The number of urea groups is 1. The molecule has 21 heavy (non-hydrogen) atoms. The van der Waals surface area contributed by atoms with Crippen LogP contribution in [-0.4, -0.2) is 46.4 Å². The average Bonchev–Trinajstić information content (AvgIpc) is 3.03. The Balaban J connectivity index is 1.52. The number of hydrogen-bond acceptors (Lipinski definition) is 4. The standard InChI is InChI=1S/C15H22N2O4/c1-9-2-3-12(21-9)6-16-15(20)17-7-10-4-13(18)14(19)5-11(10)8-17/h2-3,10-11,13-14,18-19H,4-8H2,1H3,(H,16,20)/t10-,11+,13-,14-/m0/s1. The lowest BCUT2D eigenvalue weighted by molar-refractivity contribution is -0.0372. The van der Waals surface area contributed by atoms with Crippen molar-refractivity contribution in [3.8, 4) is 0 Å². The van der Waals surface area contributed by atoms with Crippen molar-refractivity contribution in [2.24, 2.45) is 11.8 Å². The van der Waals surface area contributed by atoms with Crippen LogP contribution in [0.3, 0.4) is 0 Å². The van der Waals surface area contributed by atoms with Gasteiger partial charge in [-0.1, -0.05) is 0 Å². The number of carbonyl (C=O) groups is 1. The van der Waals surface area contributed by atoms with Crippen molar-refractivity contribution in [3.05, 3.63) is 23.7 Å².